The summed E-state index contributed by atoms with van der Waals surface area (Å²) < 4.78 is 59.6. The first-order chi connectivity index (χ1) is 20.7. The van der Waals surface area contributed by atoms with Crippen LogP contribution in [0.4, 0.5) is 4.39 Å². The summed E-state index contributed by atoms with van der Waals surface area (Å²) in [6.07, 6.45) is 3.90. The van der Waals surface area contributed by atoms with Crippen LogP contribution in [0.5, 0.6) is 0 Å². The quantitative estimate of drug-likeness (QED) is 0.252. The van der Waals surface area contributed by atoms with Gasteiger partial charge < -0.3 is 9.16 Å². The van der Waals surface area contributed by atoms with Gasteiger partial charge in [-0.15, -0.1) is 4.40 Å². The van der Waals surface area contributed by atoms with Crippen LogP contribution in [0.15, 0.2) is 59.0 Å². The maximum absolute atomic E-state index is 15.0. The summed E-state index contributed by atoms with van der Waals surface area (Å²) in [4.78, 5) is 2.45. The fourth-order valence-electron chi connectivity index (χ4n) is 6.05. The number of halogens is 1. The molecule has 6 nitrogen and oxygen atoms in total. The van der Waals surface area contributed by atoms with Crippen molar-refractivity contribution >= 4 is 29.8 Å². The number of hydrogen-bond acceptors (Lipinski definition) is 5. The van der Waals surface area contributed by atoms with E-state index >= 15 is 4.39 Å². The lowest BCUT2D eigenvalue weighted by Crippen LogP contribution is -2.43. The van der Waals surface area contributed by atoms with Crippen molar-refractivity contribution in [2.45, 2.75) is 115 Å². The minimum Gasteiger partial charge on any atom is -0.472 e. The van der Waals surface area contributed by atoms with Gasteiger partial charge in [0.15, 0.2) is 8.32 Å². The number of sulfonamides is 1. The van der Waals surface area contributed by atoms with Crippen molar-refractivity contribution in [2.75, 3.05) is 19.7 Å². The van der Waals surface area contributed by atoms with Crippen LogP contribution in [0, 0.1) is 5.82 Å². The highest BCUT2D eigenvalue weighted by Crippen LogP contribution is 2.43. The van der Waals surface area contributed by atoms with E-state index < -0.39 is 29.2 Å². The molecule has 248 valence electrons. The monoisotopic (exact) mass is 656 g/mol. The largest absolute Gasteiger partial charge is 0.472 e. The minimum atomic E-state index is -3.97. The van der Waals surface area contributed by atoms with Crippen molar-refractivity contribution < 1.29 is 22.0 Å². The summed E-state index contributed by atoms with van der Waals surface area (Å²) in [7, 11) is -5.99. The van der Waals surface area contributed by atoms with Crippen molar-refractivity contribution in [1.29, 1.82) is 0 Å². The molecule has 0 saturated carbocycles. The highest BCUT2D eigenvalue weighted by atomic mass is 32.2. The predicted octanol–water partition coefficient (Wildman–Crippen LogP) is 8.88. The molecule has 0 N–H and O–H groups in total. The third-order valence-corrected chi connectivity index (χ3v) is 16.2. The fourth-order valence-corrected chi connectivity index (χ4v) is 8.88. The van der Waals surface area contributed by atoms with Gasteiger partial charge >= 0.3 is 0 Å². The molecule has 1 unspecified atom stereocenters. The molecule has 0 bridgehead atoms. The first-order valence-electron chi connectivity index (χ1n) is 16.2. The topological polar surface area (TPSA) is 68.2 Å². The maximum Gasteiger partial charge on any atom is 0.267 e. The molecule has 2 heterocycles. The zero-order valence-electron chi connectivity index (χ0n) is 28.9. The second-order valence-corrected chi connectivity index (χ2v) is 22.1. The first-order valence-corrected chi connectivity index (χ1v) is 20.6. The molecule has 2 aliphatic rings. The van der Waals surface area contributed by atoms with Crippen LogP contribution in [0.2, 0.25) is 18.1 Å². The van der Waals surface area contributed by atoms with E-state index in [1.807, 2.05) is 24.3 Å². The zero-order chi connectivity index (χ0) is 33.4. The molecule has 0 aromatic heterocycles. The summed E-state index contributed by atoms with van der Waals surface area (Å²) in [6.45, 7) is 23.5. The summed E-state index contributed by atoms with van der Waals surface area (Å²) in [5.74, 6) is -0.566. The third kappa shape index (κ3) is 8.34. The van der Waals surface area contributed by atoms with Crippen LogP contribution in [-0.2, 0) is 19.2 Å². The molecule has 2 aromatic rings. The Morgan fingerprint density at radius 1 is 1.07 bits per heavy atom. The van der Waals surface area contributed by atoms with Crippen molar-refractivity contribution in [3.05, 3.63) is 77.1 Å². The van der Waals surface area contributed by atoms with Crippen LogP contribution in [-0.4, -0.2) is 58.4 Å². The molecule has 2 atom stereocenters. The van der Waals surface area contributed by atoms with Gasteiger partial charge in [0.05, 0.1) is 0 Å². The highest BCUT2D eigenvalue weighted by Gasteiger charge is 2.47. The number of rotatable bonds is 9. The van der Waals surface area contributed by atoms with E-state index in [0.717, 1.165) is 25.1 Å². The molecule has 9 heteroatoms. The summed E-state index contributed by atoms with van der Waals surface area (Å²) >= 11 is 0. The number of nitrogens with zero attached hydrogens (tertiary/aromatic N) is 2. The van der Waals surface area contributed by atoms with Crippen molar-refractivity contribution in [1.82, 2.24) is 4.90 Å². The molecule has 2 aliphatic heterocycles. The third-order valence-electron chi connectivity index (χ3n) is 9.78. The Balaban J connectivity index is 1.55. The van der Waals surface area contributed by atoms with Crippen LogP contribution >= 0.6 is 0 Å². The van der Waals surface area contributed by atoms with Crippen LogP contribution in [0.1, 0.15) is 103 Å². The highest BCUT2D eigenvalue weighted by molar-refractivity contribution is 7.90. The lowest BCUT2D eigenvalue weighted by molar-refractivity contribution is 0.0797. The van der Waals surface area contributed by atoms with Crippen molar-refractivity contribution in [3.8, 4) is 0 Å². The smallest absolute Gasteiger partial charge is 0.267 e. The Kier molecular flexibility index (Phi) is 10.3. The van der Waals surface area contributed by atoms with E-state index in [9.17, 15) is 8.42 Å². The fraction of sp³-hybridized carbons (Fsp3) is 0.583. The standard InChI is InChI=1S/C36H53FN2O4SSi/c1-34(2,3)39-22-19-27(20-23-39)26-15-17-28(18-16-26)33-36(7,8)43-32(38-44(33,40)41)25-29(30-13-11-12-14-31(30)37)21-24-42-45(9,10)35(4,5)6/h11-19,29,33H,20-25H2,1-10H3/t29-,33?/m1/s1. The maximum atomic E-state index is 15.0. The first kappa shape index (κ1) is 35.5. The normalized spacial score (nSPS) is 21.4. The Hall–Kier alpha value is -2.33. The average Bonchev–Trinajstić information content (AvgIpc) is 2.91. The van der Waals surface area contributed by atoms with Gasteiger partial charge in [-0.25, -0.2) is 12.8 Å². The SMILES string of the molecule is CC1(C)OC(C[C@@H](CCO[Si](C)(C)C(C)(C)C)c2ccccc2F)=NS(=O)(=O)C1c1ccc(C2=CCN(C(C)(C)C)CC2)cc1. The Morgan fingerprint density at radius 3 is 2.24 bits per heavy atom. The van der Waals surface area contributed by atoms with Gasteiger partial charge in [-0.05, 0) is 99.8 Å². The van der Waals surface area contributed by atoms with E-state index in [0.29, 0.717) is 24.2 Å². The predicted molar refractivity (Wildman–Crippen MR) is 186 cm³/mol. The molecule has 45 heavy (non-hydrogen) atoms. The Bertz CT molecular complexity index is 1520. The summed E-state index contributed by atoms with van der Waals surface area (Å²) in [6, 6.07) is 14.4. The van der Waals surface area contributed by atoms with Crippen LogP contribution in [0.25, 0.3) is 5.57 Å². The summed E-state index contributed by atoms with van der Waals surface area (Å²) in [5, 5.41) is -0.920. The second-order valence-electron chi connectivity index (χ2n) is 15.6. The molecule has 0 fully saturated rings. The van der Waals surface area contributed by atoms with Gasteiger partial charge in [0.25, 0.3) is 10.0 Å². The lowest BCUT2D eigenvalue weighted by Gasteiger charge is -2.38. The van der Waals surface area contributed by atoms with Gasteiger partial charge in [-0.2, -0.15) is 0 Å². The van der Waals surface area contributed by atoms with Gasteiger partial charge in [-0.3, -0.25) is 4.90 Å². The number of benzene rings is 2. The molecule has 0 aliphatic carbocycles. The molecule has 0 saturated heterocycles. The van der Waals surface area contributed by atoms with Crippen LogP contribution < -0.4 is 0 Å². The van der Waals surface area contributed by atoms with Gasteiger partial charge in [-0.1, -0.05) is 69.3 Å². The molecule has 2 aromatic carbocycles. The van der Waals surface area contributed by atoms with Gasteiger partial charge in [0, 0.05) is 31.7 Å². The second kappa shape index (κ2) is 13.0. The summed E-state index contributed by atoms with van der Waals surface area (Å²) in [5.41, 5.74) is 2.59. The molecular formula is C36H53FN2O4SSi. The van der Waals surface area contributed by atoms with Crippen LogP contribution in [0.3, 0.4) is 0 Å². The van der Waals surface area contributed by atoms with Gasteiger partial charge in [0.1, 0.15) is 16.7 Å². The van der Waals surface area contributed by atoms with E-state index in [2.05, 4.69) is 70.0 Å². The van der Waals surface area contributed by atoms with Crippen molar-refractivity contribution in [2.24, 2.45) is 4.40 Å². The van der Waals surface area contributed by atoms with Gasteiger partial charge in [0.2, 0.25) is 5.90 Å². The Labute approximate surface area is 272 Å². The lowest BCUT2D eigenvalue weighted by atomic mass is 9.91. The van der Waals surface area contributed by atoms with E-state index in [-0.39, 0.29) is 34.6 Å². The number of hydrogen-bond donors (Lipinski definition) is 0. The molecular weight excluding hydrogens is 604 g/mol. The minimum absolute atomic E-state index is 0.0448. The molecule has 0 radical (unpaired) electrons. The number of ether oxygens (including phenoxy) is 1. The van der Waals surface area contributed by atoms with E-state index in [1.165, 1.54) is 11.6 Å². The molecule has 0 spiro atoms. The molecule has 0 amide bonds. The van der Waals surface area contributed by atoms with E-state index in [4.69, 9.17) is 9.16 Å². The van der Waals surface area contributed by atoms with Crippen molar-refractivity contribution in [3.63, 3.8) is 0 Å². The zero-order valence-corrected chi connectivity index (χ0v) is 30.7. The molecule has 4 rings (SSSR count). The Morgan fingerprint density at radius 2 is 1.71 bits per heavy atom. The average molecular weight is 657 g/mol. The van der Waals surface area contributed by atoms with E-state index in [1.54, 1.807) is 32.0 Å².